The summed E-state index contributed by atoms with van der Waals surface area (Å²) >= 11 is 12.1. The van der Waals surface area contributed by atoms with Crippen LogP contribution in [-0.2, 0) is 31.7 Å². The van der Waals surface area contributed by atoms with Crippen molar-refractivity contribution in [3.8, 4) is 11.4 Å². The minimum absolute atomic E-state index is 0.0771. The van der Waals surface area contributed by atoms with E-state index in [4.69, 9.17) is 32.7 Å². The number of alkyl halides is 2. The molecule has 0 saturated carbocycles. The van der Waals surface area contributed by atoms with Crippen molar-refractivity contribution >= 4 is 33.0 Å². The molecule has 0 unspecified atom stereocenters. The molecule has 2 aromatic heterocycles. The Kier molecular flexibility index (Phi) is 8.94. The Morgan fingerprint density at radius 2 is 1.74 bits per heavy atom. The Hall–Kier alpha value is -2.45. The number of benzene rings is 1. The molecular weight excluding hydrogens is 531 g/mol. The van der Waals surface area contributed by atoms with Crippen molar-refractivity contribution in [1.82, 2.24) is 24.7 Å². The number of nitrogens with zero attached hydrogens (tertiary/aromatic N) is 5. The molecule has 1 aromatic carbocycles. The van der Waals surface area contributed by atoms with E-state index in [1.807, 2.05) is 0 Å². The van der Waals surface area contributed by atoms with E-state index in [0.29, 0.717) is 5.75 Å². The molecular formula is C20H21Cl2F2N5O5S. The van der Waals surface area contributed by atoms with E-state index < -0.39 is 40.2 Å². The summed E-state index contributed by atoms with van der Waals surface area (Å²) in [6, 6.07) is 4.59. The molecule has 0 fully saturated rings. The van der Waals surface area contributed by atoms with Crippen LogP contribution in [0.25, 0.3) is 5.69 Å². The van der Waals surface area contributed by atoms with E-state index in [9.17, 15) is 17.2 Å². The van der Waals surface area contributed by atoms with E-state index in [1.165, 1.54) is 50.2 Å². The van der Waals surface area contributed by atoms with Crippen LogP contribution in [0, 0.1) is 0 Å². The molecule has 0 aliphatic carbocycles. The predicted octanol–water partition coefficient (Wildman–Crippen LogP) is 3.80. The molecule has 0 amide bonds. The molecule has 35 heavy (non-hydrogen) atoms. The van der Waals surface area contributed by atoms with Crippen molar-refractivity contribution in [3.05, 3.63) is 58.1 Å². The van der Waals surface area contributed by atoms with Gasteiger partial charge in [-0.2, -0.15) is 8.78 Å². The largest absolute Gasteiger partial charge is 0.497 e. The van der Waals surface area contributed by atoms with Gasteiger partial charge >= 0.3 is 6.61 Å². The first-order valence-corrected chi connectivity index (χ1v) is 12.4. The van der Waals surface area contributed by atoms with Gasteiger partial charge in [-0.1, -0.05) is 23.2 Å². The van der Waals surface area contributed by atoms with Crippen LogP contribution in [0.2, 0.25) is 10.0 Å². The lowest BCUT2D eigenvalue weighted by molar-refractivity contribution is -0.139. The van der Waals surface area contributed by atoms with Crippen LogP contribution in [0.4, 0.5) is 8.78 Å². The zero-order valence-corrected chi connectivity index (χ0v) is 21.1. The molecule has 0 aliphatic rings. The van der Waals surface area contributed by atoms with Gasteiger partial charge in [0.2, 0.25) is 0 Å². The fourth-order valence-electron chi connectivity index (χ4n) is 3.22. The van der Waals surface area contributed by atoms with Crippen LogP contribution in [0.5, 0.6) is 5.75 Å². The van der Waals surface area contributed by atoms with Gasteiger partial charge < -0.3 is 14.2 Å². The van der Waals surface area contributed by atoms with Gasteiger partial charge in [0.15, 0.2) is 27.3 Å². The van der Waals surface area contributed by atoms with E-state index in [0.717, 1.165) is 0 Å². The van der Waals surface area contributed by atoms with Crippen molar-refractivity contribution in [1.29, 1.82) is 0 Å². The summed E-state index contributed by atoms with van der Waals surface area (Å²) in [5.74, 6) is -0.275. The van der Waals surface area contributed by atoms with Crippen molar-refractivity contribution in [2.45, 2.75) is 37.2 Å². The summed E-state index contributed by atoms with van der Waals surface area (Å²) in [5, 5.41) is 7.12. The second-order valence-electron chi connectivity index (χ2n) is 7.18. The van der Waals surface area contributed by atoms with Gasteiger partial charge in [0.25, 0.3) is 0 Å². The average Bonchev–Trinajstić information content (AvgIpc) is 3.21. The minimum Gasteiger partial charge on any atom is -0.497 e. The minimum atomic E-state index is -3.98. The Bertz CT molecular complexity index is 1260. The quantitative estimate of drug-likeness (QED) is 0.350. The third kappa shape index (κ3) is 6.41. The first-order valence-electron chi connectivity index (χ1n) is 9.96. The summed E-state index contributed by atoms with van der Waals surface area (Å²) in [4.78, 5) is 8.09. The summed E-state index contributed by atoms with van der Waals surface area (Å²) in [5.41, 5.74) is 0.228. The standard InChI is InChI=1S/C20H21Cl2F2N5O5S/c1-11(18(33-3)19-25-7-12(21)8-26-19)35(30,31)10-17-28-27-16(9-34-20(23)24)29(17)15-6-13(32-2)4-5-14(15)22/h4-8,11,18,20H,9-10H2,1-3H3/t11-,18-/m0/s1. The molecule has 0 radical (unpaired) electrons. The highest BCUT2D eigenvalue weighted by molar-refractivity contribution is 7.91. The van der Waals surface area contributed by atoms with Crippen LogP contribution in [0.3, 0.4) is 0 Å². The smallest absolute Gasteiger partial charge is 0.345 e. The molecule has 0 N–H and O–H groups in total. The second kappa shape index (κ2) is 11.5. The topological polar surface area (TPSA) is 118 Å². The summed E-state index contributed by atoms with van der Waals surface area (Å²) < 4.78 is 68.3. The van der Waals surface area contributed by atoms with Crippen LogP contribution >= 0.6 is 23.2 Å². The normalized spacial score (nSPS) is 13.7. The molecule has 10 nitrogen and oxygen atoms in total. The molecule has 2 atom stereocenters. The molecule has 0 bridgehead atoms. The van der Waals surface area contributed by atoms with Crippen LogP contribution in [0.1, 0.15) is 30.5 Å². The highest BCUT2D eigenvalue weighted by Crippen LogP contribution is 2.30. The van der Waals surface area contributed by atoms with Crippen LogP contribution < -0.4 is 4.74 Å². The molecule has 15 heteroatoms. The van der Waals surface area contributed by atoms with E-state index in [-0.39, 0.29) is 33.2 Å². The molecule has 2 heterocycles. The average molecular weight is 552 g/mol. The fraction of sp³-hybridized carbons (Fsp3) is 0.400. The van der Waals surface area contributed by atoms with Gasteiger partial charge in [-0.05, 0) is 19.1 Å². The fourth-order valence-corrected chi connectivity index (χ4v) is 4.94. The number of ether oxygens (including phenoxy) is 3. The van der Waals surface area contributed by atoms with Gasteiger partial charge in [-0.25, -0.2) is 18.4 Å². The van der Waals surface area contributed by atoms with Gasteiger partial charge in [-0.3, -0.25) is 4.57 Å². The molecule has 190 valence electrons. The molecule has 0 spiro atoms. The highest BCUT2D eigenvalue weighted by atomic mass is 35.5. The SMILES string of the molecule is COc1ccc(Cl)c(-n2c(COC(F)F)nnc2CS(=O)(=O)[C@@H](C)[C@H](OC)c2ncc(Cl)cn2)c1. The number of sulfone groups is 1. The third-order valence-electron chi connectivity index (χ3n) is 5.00. The number of rotatable bonds is 11. The Morgan fingerprint density at radius 1 is 1.09 bits per heavy atom. The first-order chi connectivity index (χ1) is 16.6. The van der Waals surface area contributed by atoms with Crippen LogP contribution in [0.15, 0.2) is 30.6 Å². The number of hydrogen-bond acceptors (Lipinski definition) is 9. The van der Waals surface area contributed by atoms with E-state index >= 15 is 0 Å². The maximum atomic E-state index is 13.4. The Labute approximate surface area is 210 Å². The first kappa shape index (κ1) is 27.1. The lowest BCUT2D eigenvalue weighted by atomic mass is 10.2. The van der Waals surface area contributed by atoms with Gasteiger partial charge in [0.05, 0.1) is 28.1 Å². The summed E-state index contributed by atoms with van der Waals surface area (Å²) in [6.45, 7) is -2.29. The van der Waals surface area contributed by atoms with Crippen molar-refractivity contribution in [3.63, 3.8) is 0 Å². The van der Waals surface area contributed by atoms with Crippen molar-refractivity contribution in [2.24, 2.45) is 0 Å². The monoisotopic (exact) mass is 551 g/mol. The maximum absolute atomic E-state index is 13.4. The lowest BCUT2D eigenvalue weighted by Gasteiger charge is -2.21. The van der Waals surface area contributed by atoms with Gasteiger partial charge in [-0.15, -0.1) is 10.2 Å². The lowest BCUT2D eigenvalue weighted by Crippen LogP contribution is -2.30. The Balaban J connectivity index is 2.01. The van der Waals surface area contributed by atoms with E-state index in [1.54, 1.807) is 6.07 Å². The molecule has 3 aromatic rings. The second-order valence-corrected chi connectivity index (χ2v) is 10.4. The molecule has 0 saturated heterocycles. The van der Waals surface area contributed by atoms with Gasteiger partial charge in [0.1, 0.15) is 24.2 Å². The third-order valence-corrected chi connectivity index (χ3v) is 7.56. The summed E-state index contributed by atoms with van der Waals surface area (Å²) in [6.07, 6.45) is 1.63. The van der Waals surface area contributed by atoms with Crippen molar-refractivity contribution in [2.75, 3.05) is 14.2 Å². The number of methoxy groups -OCH3 is 2. The van der Waals surface area contributed by atoms with Crippen LogP contribution in [-0.4, -0.2) is 59.2 Å². The van der Waals surface area contributed by atoms with Gasteiger partial charge in [0, 0.05) is 25.6 Å². The maximum Gasteiger partial charge on any atom is 0.345 e. The highest BCUT2D eigenvalue weighted by Gasteiger charge is 2.35. The van der Waals surface area contributed by atoms with E-state index in [2.05, 4.69) is 24.9 Å². The number of hydrogen-bond donors (Lipinski definition) is 0. The Morgan fingerprint density at radius 3 is 2.34 bits per heavy atom. The number of aromatic nitrogens is 5. The summed E-state index contributed by atoms with van der Waals surface area (Å²) in [7, 11) is -1.23. The number of halogens is 4. The van der Waals surface area contributed by atoms with Crippen molar-refractivity contribution < 1.29 is 31.4 Å². The molecule has 0 aliphatic heterocycles. The zero-order valence-electron chi connectivity index (χ0n) is 18.7. The molecule has 3 rings (SSSR count). The predicted molar refractivity (Wildman–Crippen MR) is 123 cm³/mol. The zero-order chi connectivity index (χ0) is 25.8.